The van der Waals surface area contributed by atoms with Gasteiger partial charge >= 0.3 is 37.7 Å². The number of benzene rings is 2. The Hall–Kier alpha value is -0.505. The predicted molar refractivity (Wildman–Crippen MR) is 51.9 cm³/mol. The molecule has 0 heterocycles. The fourth-order valence-corrected chi connectivity index (χ4v) is 1.34. The van der Waals surface area contributed by atoms with E-state index in [1.807, 2.05) is 24.3 Å². The van der Waals surface area contributed by atoms with Gasteiger partial charge < -0.3 is 11.5 Å². The van der Waals surface area contributed by atoms with Crippen molar-refractivity contribution in [1.29, 1.82) is 0 Å². The largest absolute Gasteiger partial charge is 1.00 e. The molecule has 0 amide bonds. The minimum absolute atomic E-state index is 0. The summed E-state index contributed by atoms with van der Waals surface area (Å²) in [6.45, 7) is 0. The molecule has 60 valence electrons. The Morgan fingerprint density at radius 1 is 0.714 bits per heavy atom. The average Bonchev–Trinajstić information content (AvgIpc) is 2.04. The summed E-state index contributed by atoms with van der Waals surface area (Å²) < 4.78 is 0. The summed E-state index contributed by atoms with van der Waals surface area (Å²) in [6.07, 6.45) is 0. The van der Waals surface area contributed by atoms with Crippen molar-refractivity contribution in [3.63, 3.8) is 0 Å². The van der Waals surface area contributed by atoms with E-state index in [-0.39, 0.29) is 37.7 Å². The van der Waals surface area contributed by atoms with E-state index < -0.39 is 0 Å². The zero-order valence-corrected chi connectivity index (χ0v) is 8.46. The first kappa shape index (κ1) is 13.5. The molecule has 2 aromatic rings. The first-order valence-corrected chi connectivity index (χ1v) is 3.74. The van der Waals surface area contributed by atoms with E-state index in [1.54, 1.807) is 12.1 Å². The molecule has 0 saturated heterocycles. The average molecular weight is 170 g/mol. The summed E-state index contributed by atoms with van der Waals surface area (Å²) >= 11 is 0. The van der Waals surface area contributed by atoms with Gasteiger partial charge in [0.05, 0.1) is 0 Å². The molecule has 0 aromatic heterocycles. The van der Waals surface area contributed by atoms with Crippen molar-refractivity contribution >= 4 is 22.1 Å². The fourth-order valence-electron chi connectivity index (χ4n) is 1.34. The normalized spacial score (nSPS) is 8.86. The van der Waals surface area contributed by atoms with Crippen molar-refractivity contribution in [2.45, 2.75) is 0 Å². The third-order valence-corrected chi connectivity index (χ3v) is 1.90. The molecular formula is C10H8Li2N2. The van der Waals surface area contributed by atoms with Crippen LogP contribution in [0, 0.1) is 0 Å². The van der Waals surface area contributed by atoms with Gasteiger partial charge in [0.15, 0.2) is 0 Å². The summed E-state index contributed by atoms with van der Waals surface area (Å²) in [5.41, 5.74) is 16.0. The zero-order chi connectivity index (χ0) is 8.55. The Labute approximate surface area is 107 Å². The van der Waals surface area contributed by atoms with Gasteiger partial charge in [-0.25, -0.2) is 0 Å². The van der Waals surface area contributed by atoms with Crippen LogP contribution in [0.3, 0.4) is 0 Å². The van der Waals surface area contributed by atoms with Crippen LogP contribution in [0.2, 0.25) is 0 Å². The molecule has 0 fully saturated rings. The van der Waals surface area contributed by atoms with Crippen LogP contribution in [-0.4, -0.2) is 0 Å². The molecule has 0 aliphatic carbocycles. The Bertz CT molecular complexity index is 393. The molecule has 0 bridgehead atoms. The summed E-state index contributed by atoms with van der Waals surface area (Å²) in [7, 11) is 0. The van der Waals surface area contributed by atoms with Crippen molar-refractivity contribution in [3.05, 3.63) is 47.9 Å². The van der Waals surface area contributed by atoms with Gasteiger partial charge in [0.25, 0.3) is 0 Å². The van der Waals surface area contributed by atoms with Gasteiger partial charge in [-0.1, -0.05) is 36.4 Å². The van der Waals surface area contributed by atoms with Crippen LogP contribution in [0.15, 0.2) is 36.4 Å². The second-order valence-corrected chi connectivity index (χ2v) is 2.71. The van der Waals surface area contributed by atoms with Gasteiger partial charge in [0.2, 0.25) is 0 Å². The summed E-state index contributed by atoms with van der Waals surface area (Å²) in [4.78, 5) is 0. The Morgan fingerprint density at radius 3 is 1.50 bits per heavy atom. The molecule has 0 saturated carbocycles. The van der Waals surface area contributed by atoms with Gasteiger partial charge in [-0.05, 0) is 10.8 Å². The zero-order valence-electron chi connectivity index (χ0n) is 8.46. The monoisotopic (exact) mass is 170 g/mol. The van der Waals surface area contributed by atoms with Gasteiger partial charge in [-0.2, -0.15) is 0 Å². The van der Waals surface area contributed by atoms with Crippen LogP contribution in [0.5, 0.6) is 0 Å². The van der Waals surface area contributed by atoms with Gasteiger partial charge in [0, 0.05) is 0 Å². The molecule has 2 nitrogen and oxygen atoms in total. The van der Waals surface area contributed by atoms with Crippen molar-refractivity contribution in [1.82, 2.24) is 0 Å². The van der Waals surface area contributed by atoms with Gasteiger partial charge in [0.1, 0.15) is 0 Å². The minimum atomic E-state index is 0. The summed E-state index contributed by atoms with van der Waals surface area (Å²) in [5, 5.41) is 1.70. The van der Waals surface area contributed by atoms with E-state index in [2.05, 4.69) is 0 Å². The van der Waals surface area contributed by atoms with E-state index in [9.17, 15) is 0 Å². The third-order valence-electron chi connectivity index (χ3n) is 1.90. The smallest absolute Gasteiger partial charge is 0.698 e. The number of fused-ring (bicyclic) bond motifs is 1. The van der Waals surface area contributed by atoms with Crippen LogP contribution < -0.4 is 37.7 Å². The summed E-state index contributed by atoms with van der Waals surface area (Å²) in [5.74, 6) is 0. The Balaban J connectivity index is 0.000000845. The van der Waals surface area contributed by atoms with Crippen LogP contribution in [-0.2, 0) is 0 Å². The van der Waals surface area contributed by atoms with Crippen LogP contribution >= 0.6 is 0 Å². The second-order valence-electron chi connectivity index (χ2n) is 2.71. The first-order chi connectivity index (χ1) is 5.79. The predicted octanol–water partition coefficient (Wildman–Crippen LogP) is -1.78. The van der Waals surface area contributed by atoms with E-state index in [0.29, 0.717) is 11.4 Å². The molecule has 0 aliphatic rings. The maximum atomic E-state index is 7.58. The maximum absolute atomic E-state index is 7.58. The van der Waals surface area contributed by atoms with Crippen LogP contribution in [0.4, 0.5) is 11.4 Å². The Morgan fingerprint density at radius 2 is 1.14 bits per heavy atom. The van der Waals surface area contributed by atoms with Crippen molar-refractivity contribution in [3.8, 4) is 0 Å². The van der Waals surface area contributed by atoms with Crippen LogP contribution in [0.1, 0.15) is 0 Å². The van der Waals surface area contributed by atoms with E-state index >= 15 is 0 Å². The standard InChI is InChI=1S/C10H8N2.2Li/c11-8-5-1-3-7-4-2-6-9(12)10(7)8;;/h1-6,11-12H;;/q-2;2*+1. The Kier molecular flexibility index (Phi) is 5.20. The minimum Gasteiger partial charge on any atom is -0.698 e. The van der Waals surface area contributed by atoms with Gasteiger partial charge in [-0.15, -0.1) is 11.4 Å². The van der Waals surface area contributed by atoms with E-state index in [1.165, 1.54) is 0 Å². The fraction of sp³-hybridized carbons (Fsp3) is 0. The molecule has 0 unspecified atom stereocenters. The molecule has 2 rings (SSSR count). The molecule has 2 N–H and O–H groups in total. The number of hydrogen-bond donors (Lipinski definition) is 0. The number of nitrogens with one attached hydrogen (secondary N) is 2. The maximum Gasteiger partial charge on any atom is 1.00 e. The first-order valence-electron chi connectivity index (χ1n) is 3.74. The van der Waals surface area contributed by atoms with E-state index in [4.69, 9.17) is 11.5 Å². The third kappa shape index (κ3) is 2.29. The number of rotatable bonds is 0. The molecule has 2 aromatic carbocycles. The van der Waals surface area contributed by atoms with Gasteiger partial charge in [-0.3, -0.25) is 0 Å². The molecule has 0 aliphatic heterocycles. The quantitative estimate of drug-likeness (QED) is 0.419. The van der Waals surface area contributed by atoms with Crippen molar-refractivity contribution < 1.29 is 37.7 Å². The van der Waals surface area contributed by atoms with E-state index in [0.717, 1.165) is 10.8 Å². The molecule has 0 spiro atoms. The van der Waals surface area contributed by atoms with Crippen molar-refractivity contribution in [2.75, 3.05) is 0 Å². The topological polar surface area (TPSA) is 47.6 Å². The van der Waals surface area contributed by atoms with Crippen molar-refractivity contribution in [2.24, 2.45) is 0 Å². The summed E-state index contributed by atoms with van der Waals surface area (Å²) in [6, 6.07) is 10.9. The molecule has 0 atom stereocenters. The van der Waals surface area contributed by atoms with Crippen LogP contribution in [0.25, 0.3) is 22.2 Å². The SMILES string of the molecule is [Li+].[Li+].[NH-]c1cccc2cccc([NH-])c12. The molecule has 4 heteroatoms. The second kappa shape index (κ2) is 5.39. The number of hydrogen-bond acceptors (Lipinski definition) is 0. The molecule has 14 heavy (non-hydrogen) atoms. The molecule has 0 radical (unpaired) electrons. The molecular weight excluding hydrogens is 162 g/mol.